The predicted octanol–water partition coefficient (Wildman–Crippen LogP) is 2.51. The molecule has 0 atom stereocenters. The number of anilines is 1. The number of carbonyl (C=O) groups is 1. The first kappa shape index (κ1) is 23.5. The van der Waals surface area contributed by atoms with Gasteiger partial charge in [0.05, 0.1) is 24.7 Å². The second kappa shape index (κ2) is 11.0. The van der Waals surface area contributed by atoms with Crippen molar-refractivity contribution in [2.45, 2.75) is 24.2 Å². The zero-order valence-electron chi connectivity index (χ0n) is 18.7. The average Bonchev–Trinajstić information content (AvgIpc) is 2.88. The summed E-state index contributed by atoms with van der Waals surface area (Å²) in [6.07, 6.45) is 3.72. The van der Waals surface area contributed by atoms with E-state index in [1.165, 1.54) is 23.6 Å². The summed E-state index contributed by atoms with van der Waals surface area (Å²) in [6.45, 7) is 4.33. The van der Waals surface area contributed by atoms with Crippen LogP contribution in [0.5, 0.6) is 5.75 Å². The molecule has 2 fully saturated rings. The topological polar surface area (TPSA) is 88.2 Å². The molecule has 33 heavy (non-hydrogen) atoms. The second-order valence-electron chi connectivity index (χ2n) is 8.19. The van der Waals surface area contributed by atoms with Crippen LogP contribution in [-0.4, -0.2) is 71.2 Å². The summed E-state index contributed by atoms with van der Waals surface area (Å²) in [6, 6.07) is 14.1. The van der Waals surface area contributed by atoms with Crippen LogP contribution in [0.2, 0.25) is 0 Å². The molecule has 0 radical (unpaired) electrons. The van der Waals surface area contributed by atoms with Crippen molar-refractivity contribution in [2.75, 3.05) is 57.4 Å². The molecule has 4 rings (SSSR count). The smallest absolute Gasteiger partial charge is 0.251 e. The fraction of sp³-hybridized carbons (Fsp3) is 0.458. The maximum atomic E-state index is 12.7. The summed E-state index contributed by atoms with van der Waals surface area (Å²) >= 11 is 0. The Bertz CT molecular complexity index is 1010. The Morgan fingerprint density at radius 3 is 2.24 bits per heavy atom. The van der Waals surface area contributed by atoms with E-state index in [1.54, 1.807) is 24.3 Å². The summed E-state index contributed by atoms with van der Waals surface area (Å²) in [5.41, 5.74) is 1.78. The Kier molecular flexibility index (Phi) is 7.85. The molecule has 0 saturated carbocycles. The van der Waals surface area contributed by atoms with Crippen molar-refractivity contribution < 1.29 is 22.7 Å². The van der Waals surface area contributed by atoms with Gasteiger partial charge in [0.15, 0.2) is 0 Å². The Labute approximate surface area is 195 Å². The number of carbonyl (C=O) groups excluding carboxylic acids is 1. The van der Waals surface area contributed by atoms with E-state index in [-0.39, 0.29) is 17.4 Å². The van der Waals surface area contributed by atoms with Crippen molar-refractivity contribution >= 4 is 21.6 Å². The minimum atomic E-state index is -3.52. The highest BCUT2D eigenvalue weighted by Gasteiger charge is 2.26. The highest BCUT2D eigenvalue weighted by molar-refractivity contribution is 7.89. The van der Waals surface area contributed by atoms with Crippen LogP contribution in [0.3, 0.4) is 0 Å². The normalized spacial score (nSPS) is 17.5. The van der Waals surface area contributed by atoms with Crippen molar-refractivity contribution in [2.24, 2.45) is 0 Å². The maximum absolute atomic E-state index is 12.7. The van der Waals surface area contributed by atoms with Crippen LogP contribution in [-0.2, 0) is 14.8 Å². The van der Waals surface area contributed by atoms with Gasteiger partial charge in [0.2, 0.25) is 10.0 Å². The number of rotatable bonds is 8. The summed E-state index contributed by atoms with van der Waals surface area (Å²) < 4.78 is 37.6. The van der Waals surface area contributed by atoms with Gasteiger partial charge in [-0.1, -0.05) is 0 Å². The first-order valence-electron chi connectivity index (χ1n) is 11.5. The number of morpholine rings is 1. The molecule has 2 aliphatic rings. The lowest BCUT2D eigenvalue weighted by atomic mass is 10.1. The molecule has 2 aromatic rings. The SMILES string of the molecule is O=C(NCCOc1ccc(S(=O)(=O)N2CCOCC2)cc1)c1ccc(N2CCCCC2)cc1. The number of hydrogen-bond acceptors (Lipinski definition) is 6. The number of hydrogen-bond donors (Lipinski definition) is 1. The minimum Gasteiger partial charge on any atom is -0.492 e. The average molecular weight is 474 g/mol. The molecule has 2 heterocycles. The predicted molar refractivity (Wildman–Crippen MR) is 126 cm³/mol. The lowest BCUT2D eigenvalue weighted by Gasteiger charge is -2.28. The van der Waals surface area contributed by atoms with Gasteiger partial charge in [-0.25, -0.2) is 8.42 Å². The Morgan fingerprint density at radius 1 is 0.909 bits per heavy atom. The third-order valence-electron chi connectivity index (χ3n) is 5.94. The molecule has 9 heteroatoms. The van der Waals surface area contributed by atoms with E-state index in [2.05, 4.69) is 10.2 Å². The van der Waals surface area contributed by atoms with Gasteiger partial charge in [-0.05, 0) is 67.8 Å². The van der Waals surface area contributed by atoms with Crippen LogP contribution < -0.4 is 15.0 Å². The molecule has 0 bridgehead atoms. The van der Waals surface area contributed by atoms with E-state index in [0.717, 1.165) is 18.8 Å². The maximum Gasteiger partial charge on any atom is 0.251 e. The molecule has 1 N–H and O–H groups in total. The quantitative estimate of drug-likeness (QED) is 0.593. The van der Waals surface area contributed by atoms with E-state index in [0.29, 0.717) is 44.2 Å². The van der Waals surface area contributed by atoms with E-state index in [9.17, 15) is 13.2 Å². The standard InChI is InChI=1S/C24H31N3O5S/c28-24(20-4-6-21(7-5-20)26-13-2-1-3-14-26)25-12-17-32-22-8-10-23(11-9-22)33(29,30)27-15-18-31-19-16-27/h4-11H,1-3,12-19H2,(H,25,28). The molecule has 0 aromatic heterocycles. The summed E-state index contributed by atoms with van der Waals surface area (Å²) in [5.74, 6) is 0.409. The molecular formula is C24H31N3O5S. The number of piperidine rings is 1. The number of amides is 1. The van der Waals surface area contributed by atoms with Crippen molar-refractivity contribution in [3.8, 4) is 5.75 Å². The van der Waals surface area contributed by atoms with E-state index >= 15 is 0 Å². The fourth-order valence-electron chi connectivity index (χ4n) is 4.06. The van der Waals surface area contributed by atoms with Gasteiger partial charge in [0, 0.05) is 37.4 Å². The molecule has 0 spiro atoms. The number of nitrogens with zero attached hydrogens (tertiary/aromatic N) is 2. The highest BCUT2D eigenvalue weighted by atomic mass is 32.2. The Balaban J connectivity index is 1.22. The van der Waals surface area contributed by atoms with Crippen molar-refractivity contribution in [3.63, 3.8) is 0 Å². The summed E-state index contributed by atoms with van der Waals surface area (Å²) in [5, 5.41) is 2.85. The molecule has 2 saturated heterocycles. The molecule has 0 unspecified atom stereocenters. The molecule has 2 aliphatic heterocycles. The zero-order valence-corrected chi connectivity index (χ0v) is 19.6. The van der Waals surface area contributed by atoms with Crippen LogP contribution in [0, 0.1) is 0 Å². The first-order chi connectivity index (χ1) is 16.0. The number of nitrogens with one attached hydrogen (secondary N) is 1. The molecule has 1 amide bonds. The molecule has 2 aromatic carbocycles. The van der Waals surface area contributed by atoms with Crippen LogP contribution in [0.1, 0.15) is 29.6 Å². The van der Waals surface area contributed by atoms with E-state index in [1.807, 2.05) is 24.3 Å². The summed E-state index contributed by atoms with van der Waals surface area (Å²) in [7, 11) is -3.52. The van der Waals surface area contributed by atoms with Gasteiger partial charge in [-0.3, -0.25) is 4.79 Å². The lowest BCUT2D eigenvalue weighted by Crippen LogP contribution is -2.40. The zero-order chi connectivity index (χ0) is 23.1. The van der Waals surface area contributed by atoms with E-state index < -0.39 is 10.0 Å². The van der Waals surface area contributed by atoms with Crippen molar-refractivity contribution in [1.82, 2.24) is 9.62 Å². The van der Waals surface area contributed by atoms with Gasteiger partial charge >= 0.3 is 0 Å². The third kappa shape index (κ3) is 6.04. The number of sulfonamides is 1. The van der Waals surface area contributed by atoms with Gasteiger partial charge in [-0.15, -0.1) is 0 Å². The van der Waals surface area contributed by atoms with Gasteiger partial charge in [-0.2, -0.15) is 4.31 Å². The van der Waals surface area contributed by atoms with Crippen LogP contribution in [0.25, 0.3) is 0 Å². The second-order valence-corrected chi connectivity index (χ2v) is 10.1. The van der Waals surface area contributed by atoms with Crippen LogP contribution >= 0.6 is 0 Å². The monoisotopic (exact) mass is 473 g/mol. The van der Waals surface area contributed by atoms with Crippen LogP contribution in [0.4, 0.5) is 5.69 Å². The molecule has 8 nitrogen and oxygen atoms in total. The van der Waals surface area contributed by atoms with Crippen molar-refractivity contribution in [1.29, 1.82) is 0 Å². The Morgan fingerprint density at radius 2 is 1.58 bits per heavy atom. The highest BCUT2D eigenvalue weighted by Crippen LogP contribution is 2.21. The number of ether oxygens (including phenoxy) is 2. The van der Waals surface area contributed by atoms with Crippen molar-refractivity contribution in [3.05, 3.63) is 54.1 Å². The number of benzene rings is 2. The van der Waals surface area contributed by atoms with Gasteiger partial charge in [0.1, 0.15) is 12.4 Å². The third-order valence-corrected chi connectivity index (χ3v) is 7.85. The van der Waals surface area contributed by atoms with E-state index in [4.69, 9.17) is 9.47 Å². The largest absolute Gasteiger partial charge is 0.492 e. The summed E-state index contributed by atoms with van der Waals surface area (Å²) in [4.78, 5) is 15.0. The first-order valence-corrected chi connectivity index (χ1v) is 12.9. The molecule has 0 aliphatic carbocycles. The lowest BCUT2D eigenvalue weighted by molar-refractivity contribution is 0.0730. The molecular weight excluding hydrogens is 442 g/mol. The van der Waals surface area contributed by atoms with Gasteiger partial charge < -0.3 is 19.7 Å². The Hall–Kier alpha value is -2.62. The van der Waals surface area contributed by atoms with Gasteiger partial charge in [0.25, 0.3) is 5.91 Å². The van der Waals surface area contributed by atoms with Crippen LogP contribution in [0.15, 0.2) is 53.4 Å². The fourth-order valence-corrected chi connectivity index (χ4v) is 5.46. The minimum absolute atomic E-state index is 0.143. The molecule has 178 valence electrons.